The van der Waals surface area contributed by atoms with E-state index in [4.69, 9.17) is 0 Å². The van der Waals surface area contributed by atoms with Crippen molar-refractivity contribution in [2.75, 3.05) is 0 Å². The van der Waals surface area contributed by atoms with Crippen LogP contribution in [0, 0.1) is 0 Å². The summed E-state index contributed by atoms with van der Waals surface area (Å²) in [4.78, 5) is 17.4. The molecule has 0 spiro atoms. The Kier molecular flexibility index (Phi) is 13.1. The Morgan fingerprint density at radius 3 is 1.30 bits per heavy atom. The van der Waals surface area contributed by atoms with Crippen molar-refractivity contribution in [1.29, 1.82) is 0 Å². The average molecular weight is 195 g/mol. The smallest absolute Gasteiger partial charge is 0.549 e. The van der Waals surface area contributed by atoms with E-state index in [1.165, 1.54) is 0 Å². The summed E-state index contributed by atoms with van der Waals surface area (Å²) in [6.07, 6.45) is 0. The number of alkyl halides is 1. The normalized spacial score (nSPS) is 7.40. The molecule has 0 heterocycles. The second-order valence-electron chi connectivity index (χ2n) is 1.00. The summed E-state index contributed by atoms with van der Waals surface area (Å²) in [6.45, 7) is 0. The van der Waals surface area contributed by atoms with Gasteiger partial charge in [0.2, 0.25) is 0 Å². The molecule has 0 N–H and O–H groups in total. The molecule has 10 heavy (non-hydrogen) atoms. The Hall–Kier alpha value is 0.615. The number of aliphatic carboxylic acids is 2. The summed E-state index contributed by atoms with van der Waals surface area (Å²) in [7, 11) is 0. The summed E-state index contributed by atoms with van der Waals surface area (Å²) >= 11 is 2.28. The van der Waals surface area contributed by atoms with Crippen LogP contribution in [0.5, 0.6) is 0 Å². The average Bonchev–Trinajstić information content (AvgIpc) is 1.64. The van der Waals surface area contributed by atoms with Crippen LogP contribution in [0.15, 0.2) is 0 Å². The first kappa shape index (κ1) is 16.9. The van der Waals surface area contributed by atoms with Gasteiger partial charge in [-0.3, -0.25) is 0 Å². The molecule has 0 radical (unpaired) electrons. The fourth-order valence-corrected chi connectivity index (χ4v) is 0.0962. The summed E-state index contributed by atoms with van der Waals surface area (Å²) in [5.74, 6) is -3.41. The molecule has 46 valence electrons. The molecule has 0 aromatic carbocycles. The molecule has 0 unspecified atom stereocenters. The number of carbonyl (C=O) groups excluding carboxylic acids is 2. The van der Waals surface area contributed by atoms with Crippen LogP contribution in [0.1, 0.15) is 0 Å². The molecular weight excluding hydrogens is 194 g/mol. The summed E-state index contributed by atoms with van der Waals surface area (Å²) < 4.78 is 0. The van der Waals surface area contributed by atoms with E-state index in [0.29, 0.717) is 0 Å². The van der Waals surface area contributed by atoms with Gasteiger partial charge in [-0.1, -0.05) is 15.9 Å². The van der Waals surface area contributed by atoms with Crippen LogP contribution in [0.25, 0.3) is 0 Å². The maximum absolute atomic E-state index is 9.56. The minimum Gasteiger partial charge on any atom is -0.549 e. The molecule has 0 saturated heterocycles. The van der Waals surface area contributed by atoms with Crippen LogP contribution in [0.2, 0.25) is 0 Å². The SMILES string of the molecule is O=C([O-])C(Br)C(=O)[O-].[Li+].[Li+]. The number of carboxylic acids is 2. The zero-order valence-corrected chi connectivity index (χ0v) is 7.17. The number of rotatable bonds is 2. The van der Waals surface area contributed by atoms with Gasteiger partial charge < -0.3 is 19.8 Å². The van der Waals surface area contributed by atoms with Gasteiger partial charge in [0.25, 0.3) is 0 Å². The predicted octanol–water partition coefficient (Wildman–Crippen LogP) is -8.74. The third-order valence-corrected chi connectivity index (χ3v) is 1.16. The van der Waals surface area contributed by atoms with Crippen LogP contribution in [0.3, 0.4) is 0 Å². The first-order valence-corrected chi connectivity index (χ1v) is 2.53. The van der Waals surface area contributed by atoms with Crippen LogP contribution < -0.4 is 47.9 Å². The fraction of sp³-hybridized carbons (Fsp3) is 0.333. The number of halogens is 1. The van der Waals surface area contributed by atoms with E-state index in [2.05, 4.69) is 15.9 Å². The summed E-state index contributed by atoms with van der Waals surface area (Å²) in [5.41, 5.74) is 0. The van der Waals surface area contributed by atoms with E-state index in [0.717, 1.165) is 0 Å². The first-order valence-electron chi connectivity index (χ1n) is 1.61. The van der Waals surface area contributed by atoms with Gasteiger partial charge in [-0.25, -0.2) is 0 Å². The van der Waals surface area contributed by atoms with Crippen molar-refractivity contribution in [1.82, 2.24) is 0 Å². The molecule has 0 saturated carbocycles. The van der Waals surface area contributed by atoms with E-state index in [-0.39, 0.29) is 37.7 Å². The Balaban J connectivity index is -0.000000245. The van der Waals surface area contributed by atoms with Gasteiger partial charge in [0.05, 0.1) is 16.8 Å². The predicted molar refractivity (Wildman–Crippen MR) is 22.7 cm³/mol. The fourth-order valence-electron chi connectivity index (χ4n) is 0.0962. The minimum absolute atomic E-state index is 0. The zero-order chi connectivity index (χ0) is 6.73. The second kappa shape index (κ2) is 7.72. The Morgan fingerprint density at radius 2 is 1.30 bits per heavy atom. The van der Waals surface area contributed by atoms with Crippen molar-refractivity contribution in [2.45, 2.75) is 4.83 Å². The number of carbonyl (C=O) groups is 2. The molecule has 0 fully saturated rings. The van der Waals surface area contributed by atoms with E-state index in [9.17, 15) is 19.8 Å². The van der Waals surface area contributed by atoms with Gasteiger partial charge >= 0.3 is 37.7 Å². The molecule has 0 amide bonds. The summed E-state index contributed by atoms with van der Waals surface area (Å²) in [5, 5.41) is 19.1. The molecule has 0 aliphatic carbocycles. The number of carboxylic acid groups (broad SMARTS) is 2. The maximum Gasteiger partial charge on any atom is 1.00 e. The van der Waals surface area contributed by atoms with Crippen molar-refractivity contribution in [3.63, 3.8) is 0 Å². The monoisotopic (exact) mass is 194 g/mol. The molecule has 0 bridgehead atoms. The van der Waals surface area contributed by atoms with Crippen molar-refractivity contribution >= 4 is 27.9 Å². The Bertz CT molecular complexity index is 114. The molecule has 0 rings (SSSR count). The quantitative estimate of drug-likeness (QED) is 0.249. The molecule has 0 aromatic rings. The molecule has 0 aliphatic heterocycles. The molecule has 7 heteroatoms. The van der Waals surface area contributed by atoms with Gasteiger partial charge in [-0.2, -0.15) is 0 Å². The minimum atomic E-state index is -1.71. The topological polar surface area (TPSA) is 80.3 Å². The first-order chi connectivity index (χ1) is 3.55. The third kappa shape index (κ3) is 6.73. The van der Waals surface area contributed by atoms with E-state index in [1.54, 1.807) is 0 Å². The van der Waals surface area contributed by atoms with Gasteiger partial charge in [0.15, 0.2) is 0 Å². The zero-order valence-electron chi connectivity index (χ0n) is 5.59. The standard InChI is InChI=1S/C3H3BrO4.2Li/c4-1(2(5)6)3(7)8;;/h1H,(H,5,6)(H,7,8);;/q;2*+1/p-2. The molecule has 4 nitrogen and oxygen atoms in total. The second-order valence-corrected chi connectivity index (χ2v) is 1.92. The molecule has 0 aromatic heterocycles. The van der Waals surface area contributed by atoms with Gasteiger partial charge in [-0.15, -0.1) is 0 Å². The van der Waals surface area contributed by atoms with Gasteiger partial charge in [-0.05, 0) is 0 Å². The number of hydrogen-bond donors (Lipinski definition) is 0. The van der Waals surface area contributed by atoms with Crippen LogP contribution in [-0.4, -0.2) is 16.8 Å². The molecule has 0 aliphatic rings. The van der Waals surface area contributed by atoms with Gasteiger partial charge in [0, 0.05) is 0 Å². The Morgan fingerprint density at radius 1 is 1.10 bits per heavy atom. The summed E-state index contributed by atoms with van der Waals surface area (Å²) in [6, 6.07) is 0. The molecule has 0 atom stereocenters. The maximum atomic E-state index is 9.56. The van der Waals surface area contributed by atoms with Crippen molar-refractivity contribution in [3.8, 4) is 0 Å². The van der Waals surface area contributed by atoms with Gasteiger partial charge in [0.1, 0.15) is 0 Å². The van der Waals surface area contributed by atoms with Crippen molar-refractivity contribution in [3.05, 3.63) is 0 Å². The largest absolute Gasteiger partial charge is 1.00 e. The number of hydrogen-bond acceptors (Lipinski definition) is 4. The van der Waals surface area contributed by atoms with Crippen LogP contribution in [-0.2, 0) is 9.59 Å². The Labute approximate surface area is 89.8 Å². The van der Waals surface area contributed by atoms with E-state index >= 15 is 0 Å². The molecular formula is C3HBrLi2O4. The van der Waals surface area contributed by atoms with Crippen LogP contribution >= 0.6 is 15.9 Å². The van der Waals surface area contributed by atoms with E-state index < -0.39 is 16.8 Å². The van der Waals surface area contributed by atoms with Crippen LogP contribution in [0.4, 0.5) is 0 Å². The van der Waals surface area contributed by atoms with E-state index in [1.807, 2.05) is 0 Å². The third-order valence-electron chi connectivity index (χ3n) is 0.414. The van der Waals surface area contributed by atoms with Crippen molar-refractivity contribution < 1.29 is 57.5 Å². The van der Waals surface area contributed by atoms with Crippen molar-refractivity contribution in [2.24, 2.45) is 0 Å².